The zero-order chi connectivity index (χ0) is 22.0. The lowest BCUT2D eigenvalue weighted by molar-refractivity contribution is -0.180. The van der Waals surface area contributed by atoms with Gasteiger partial charge in [0, 0.05) is 36.7 Å². The number of ether oxygens (including phenoxy) is 1. The van der Waals surface area contributed by atoms with E-state index >= 15 is 0 Å². The highest BCUT2D eigenvalue weighted by Gasteiger charge is 2.40. The monoisotopic (exact) mass is 460 g/mol. The molecule has 0 bridgehead atoms. The predicted octanol–water partition coefficient (Wildman–Crippen LogP) is 2.07. The van der Waals surface area contributed by atoms with E-state index in [4.69, 9.17) is 22.1 Å². The van der Waals surface area contributed by atoms with E-state index in [1.807, 2.05) is 24.3 Å². The number of piperidine rings is 1. The molecule has 1 aromatic rings. The fraction of sp³-hybridized carbons (Fsp3) is 0.650. The average Bonchev–Trinajstić information content (AvgIpc) is 3.16. The van der Waals surface area contributed by atoms with Gasteiger partial charge in [-0.15, -0.1) is 5.10 Å². The van der Waals surface area contributed by atoms with Crippen LogP contribution in [0.2, 0.25) is 5.02 Å². The first-order valence-electron chi connectivity index (χ1n) is 10.6. The van der Waals surface area contributed by atoms with Crippen molar-refractivity contribution in [2.45, 2.75) is 56.3 Å². The van der Waals surface area contributed by atoms with Crippen LogP contribution in [-0.4, -0.2) is 72.7 Å². The van der Waals surface area contributed by atoms with E-state index in [-0.39, 0.29) is 31.5 Å². The normalized spacial score (nSPS) is 28.2. The van der Waals surface area contributed by atoms with Gasteiger partial charge in [-0.3, -0.25) is 16.1 Å². The Bertz CT molecular complexity index is 769. The zero-order valence-corrected chi connectivity index (χ0v) is 17.9. The van der Waals surface area contributed by atoms with Crippen molar-refractivity contribution in [2.24, 2.45) is 10.8 Å². The van der Waals surface area contributed by atoms with Crippen molar-refractivity contribution in [1.82, 2.24) is 20.5 Å². The molecule has 7 nitrogen and oxygen atoms in total. The van der Waals surface area contributed by atoms with Crippen molar-refractivity contribution < 1.29 is 17.9 Å². The molecule has 4 rings (SSSR count). The number of benzene rings is 1. The minimum atomic E-state index is -4.24. The molecule has 0 aromatic heterocycles. The molecule has 31 heavy (non-hydrogen) atoms. The van der Waals surface area contributed by atoms with E-state index in [0.29, 0.717) is 11.4 Å². The summed E-state index contributed by atoms with van der Waals surface area (Å²) < 4.78 is 44.6. The highest BCUT2D eigenvalue weighted by Crippen LogP contribution is 2.30. The van der Waals surface area contributed by atoms with Gasteiger partial charge in [-0.2, -0.15) is 13.2 Å². The molecule has 11 heteroatoms. The van der Waals surface area contributed by atoms with Crippen molar-refractivity contribution in [3.8, 4) is 0 Å². The summed E-state index contributed by atoms with van der Waals surface area (Å²) in [5.74, 6) is 0.723. The lowest BCUT2D eigenvalue weighted by Gasteiger charge is -2.47. The summed E-state index contributed by atoms with van der Waals surface area (Å²) in [5, 5.41) is 7.93. The third kappa shape index (κ3) is 5.94. The Morgan fingerprint density at radius 1 is 1.19 bits per heavy atom. The molecule has 0 amide bonds. The molecule has 0 spiro atoms. The number of nitrogens with zero attached hydrogens (tertiary/aromatic N) is 3. The number of hydrogen-bond acceptors (Lipinski definition) is 7. The fourth-order valence-electron chi connectivity index (χ4n) is 4.58. The Morgan fingerprint density at radius 2 is 1.90 bits per heavy atom. The Kier molecular flexibility index (Phi) is 6.80. The zero-order valence-electron chi connectivity index (χ0n) is 17.1. The summed E-state index contributed by atoms with van der Waals surface area (Å²) in [6, 6.07) is 7.82. The number of hydrazone groups is 1. The molecule has 3 aliphatic rings. The summed E-state index contributed by atoms with van der Waals surface area (Å²) in [4.78, 5) is 4.36. The predicted molar refractivity (Wildman–Crippen MR) is 112 cm³/mol. The van der Waals surface area contributed by atoms with Gasteiger partial charge in [0.25, 0.3) is 0 Å². The summed E-state index contributed by atoms with van der Waals surface area (Å²) >= 11 is 5.99. The summed E-state index contributed by atoms with van der Waals surface area (Å²) in [7, 11) is 0. The van der Waals surface area contributed by atoms with Crippen molar-refractivity contribution in [2.75, 3.05) is 26.2 Å². The second-order valence-electron chi connectivity index (χ2n) is 8.36. The van der Waals surface area contributed by atoms with Crippen LogP contribution >= 0.6 is 11.6 Å². The van der Waals surface area contributed by atoms with Gasteiger partial charge in [0.05, 0.1) is 19.1 Å². The number of morpholine rings is 1. The van der Waals surface area contributed by atoms with Crippen LogP contribution in [-0.2, 0) is 11.2 Å². The van der Waals surface area contributed by atoms with Gasteiger partial charge in [-0.1, -0.05) is 23.7 Å². The third-order valence-electron chi connectivity index (χ3n) is 6.08. The number of nitrogens with one attached hydrogen (secondary N) is 2. The number of likely N-dealkylation sites (tertiary alicyclic amines) is 1. The first-order valence-corrected chi connectivity index (χ1v) is 10.9. The Labute approximate surface area is 184 Å². The molecule has 3 heterocycles. The molecule has 2 fully saturated rings. The van der Waals surface area contributed by atoms with Crippen molar-refractivity contribution >= 4 is 17.6 Å². The van der Waals surface area contributed by atoms with Gasteiger partial charge in [-0.05, 0) is 37.0 Å². The lowest BCUT2D eigenvalue weighted by Crippen LogP contribution is -2.58. The first kappa shape index (κ1) is 22.4. The molecule has 3 aliphatic heterocycles. The highest BCUT2D eigenvalue weighted by molar-refractivity contribution is 6.30. The number of halogens is 4. The maximum atomic E-state index is 13.0. The Hall–Kier alpha value is -1.75. The molecular formula is C20H28ClF3N6O. The molecule has 0 radical (unpaired) electrons. The molecule has 4 N–H and O–H groups in total. The van der Waals surface area contributed by atoms with Crippen LogP contribution < -0.4 is 16.5 Å². The van der Waals surface area contributed by atoms with Crippen LogP contribution in [0.5, 0.6) is 0 Å². The minimum absolute atomic E-state index is 0.0271. The van der Waals surface area contributed by atoms with Crippen LogP contribution in [0.3, 0.4) is 0 Å². The number of rotatable bonds is 4. The van der Waals surface area contributed by atoms with Crippen molar-refractivity contribution in [3.05, 3.63) is 34.9 Å². The van der Waals surface area contributed by atoms with E-state index in [0.717, 1.165) is 37.5 Å². The number of alkyl halides is 3. The van der Waals surface area contributed by atoms with Crippen molar-refractivity contribution in [1.29, 1.82) is 0 Å². The lowest BCUT2D eigenvalue weighted by atomic mass is 9.96. The standard InChI is InChI=1S/C20H28ClF3N6O/c21-14-3-1-13(2-4-14)9-16-12-31-17(10-20(22,23)24)11-30(16)15-5-7-29(8-6-15)19-26-18(25)27-28-19/h1-4,15-18,27H,5-12,25H2,(H,26,28). The van der Waals surface area contributed by atoms with E-state index in [9.17, 15) is 13.2 Å². The smallest absolute Gasteiger partial charge is 0.375 e. The minimum Gasteiger partial charge on any atom is -0.375 e. The number of hydrogen-bond donors (Lipinski definition) is 3. The largest absolute Gasteiger partial charge is 0.391 e. The quantitative estimate of drug-likeness (QED) is 0.638. The van der Waals surface area contributed by atoms with Gasteiger partial charge in [0.2, 0.25) is 5.96 Å². The molecule has 3 unspecified atom stereocenters. The first-order chi connectivity index (χ1) is 14.8. The highest BCUT2D eigenvalue weighted by atomic mass is 35.5. The SMILES string of the molecule is NC1NN=C(N2CCC(N3CC(CC(F)(F)F)OCC3Cc3ccc(Cl)cc3)CC2)N1. The molecule has 3 atom stereocenters. The molecule has 0 aliphatic carbocycles. The van der Waals surface area contributed by atoms with Gasteiger partial charge in [0.1, 0.15) is 0 Å². The number of guanidine groups is 1. The van der Waals surface area contributed by atoms with E-state index in [1.165, 1.54) is 0 Å². The third-order valence-corrected chi connectivity index (χ3v) is 6.33. The van der Waals surface area contributed by atoms with Crippen LogP contribution in [0.4, 0.5) is 13.2 Å². The topological polar surface area (TPSA) is 78.2 Å². The molecule has 2 saturated heterocycles. The molecule has 0 saturated carbocycles. The second kappa shape index (κ2) is 9.40. The fourth-order valence-corrected chi connectivity index (χ4v) is 4.71. The van der Waals surface area contributed by atoms with E-state index in [1.54, 1.807) is 0 Å². The Balaban J connectivity index is 1.42. The Morgan fingerprint density at radius 3 is 2.52 bits per heavy atom. The van der Waals surface area contributed by atoms with Gasteiger partial charge in [-0.25, -0.2) is 0 Å². The average molecular weight is 461 g/mol. The van der Waals surface area contributed by atoms with Crippen LogP contribution in [0.1, 0.15) is 24.8 Å². The summed E-state index contributed by atoms with van der Waals surface area (Å²) in [5.41, 5.74) is 9.63. The summed E-state index contributed by atoms with van der Waals surface area (Å²) in [6.07, 6.45) is -3.98. The van der Waals surface area contributed by atoms with Crippen LogP contribution in [0.15, 0.2) is 29.4 Å². The molecule has 172 valence electrons. The van der Waals surface area contributed by atoms with E-state index in [2.05, 4.69) is 25.6 Å². The molecule has 1 aromatic carbocycles. The maximum Gasteiger partial charge on any atom is 0.391 e. The van der Waals surface area contributed by atoms with Gasteiger partial charge >= 0.3 is 6.18 Å². The van der Waals surface area contributed by atoms with Gasteiger partial charge in [0.15, 0.2) is 6.29 Å². The molecular weight excluding hydrogens is 433 g/mol. The van der Waals surface area contributed by atoms with Crippen LogP contribution in [0.25, 0.3) is 0 Å². The van der Waals surface area contributed by atoms with Gasteiger partial charge < -0.3 is 15.0 Å². The van der Waals surface area contributed by atoms with E-state index < -0.39 is 18.7 Å². The number of nitrogens with two attached hydrogens (primary N) is 1. The second-order valence-corrected chi connectivity index (χ2v) is 8.80. The summed E-state index contributed by atoms with van der Waals surface area (Å²) in [6.45, 7) is 2.10. The van der Waals surface area contributed by atoms with Crippen molar-refractivity contribution in [3.63, 3.8) is 0 Å². The maximum absolute atomic E-state index is 13.0. The van der Waals surface area contributed by atoms with Crippen LogP contribution in [0, 0.1) is 0 Å².